The number of alkyl halides is 2. The molecular weight excluding hydrogens is 394 g/mol. The summed E-state index contributed by atoms with van der Waals surface area (Å²) in [4.78, 5) is 9.28. The Morgan fingerprint density at radius 3 is 2.68 bits per heavy atom. The van der Waals surface area contributed by atoms with Gasteiger partial charge in [0, 0.05) is 16.1 Å². The number of oxazole rings is 1. The number of benzene rings is 2. The molecule has 2 aromatic carbocycles. The minimum Gasteiger partial charge on any atom is -0.493 e. The maximum atomic E-state index is 12.3. The molecule has 0 atom stereocenters. The van der Waals surface area contributed by atoms with Crippen molar-refractivity contribution in [3.8, 4) is 22.8 Å². The molecule has 1 aromatic heterocycles. The van der Waals surface area contributed by atoms with E-state index in [0.29, 0.717) is 22.2 Å². The first kappa shape index (κ1) is 19.6. The minimum atomic E-state index is -2.93. The van der Waals surface area contributed by atoms with Crippen molar-refractivity contribution in [1.29, 1.82) is 0 Å². The second-order valence-electron chi connectivity index (χ2n) is 5.42. The van der Waals surface area contributed by atoms with E-state index in [2.05, 4.69) is 14.9 Å². The highest BCUT2D eigenvalue weighted by atomic mass is 35.5. The van der Waals surface area contributed by atoms with Crippen molar-refractivity contribution < 1.29 is 27.5 Å². The number of aromatic nitrogens is 1. The van der Waals surface area contributed by atoms with Crippen LogP contribution in [0.4, 0.5) is 8.78 Å². The highest BCUT2D eigenvalue weighted by molar-refractivity contribution is 6.30. The van der Waals surface area contributed by atoms with Crippen LogP contribution in [0.5, 0.6) is 11.5 Å². The molecule has 0 aliphatic carbocycles. The third-order valence-corrected chi connectivity index (χ3v) is 3.80. The van der Waals surface area contributed by atoms with E-state index in [1.165, 1.54) is 31.5 Å². The molecule has 3 rings (SSSR count). The second-order valence-corrected chi connectivity index (χ2v) is 5.86. The molecule has 0 amide bonds. The zero-order chi connectivity index (χ0) is 19.9. The fourth-order valence-corrected chi connectivity index (χ4v) is 2.40. The average molecular weight is 409 g/mol. The summed E-state index contributed by atoms with van der Waals surface area (Å²) in [6.07, 6.45) is 2.98. The Hall–Kier alpha value is -3.13. The molecule has 3 aromatic rings. The van der Waals surface area contributed by atoms with Gasteiger partial charge in [0.25, 0.3) is 0 Å². The second kappa shape index (κ2) is 9.18. The number of hydrogen-bond acceptors (Lipinski definition) is 6. The number of ether oxygens (including phenoxy) is 2. The lowest BCUT2D eigenvalue weighted by Gasteiger charge is -2.09. The Morgan fingerprint density at radius 2 is 1.96 bits per heavy atom. The average Bonchev–Trinajstić information content (AvgIpc) is 3.15. The molecule has 146 valence electrons. The Morgan fingerprint density at radius 1 is 1.18 bits per heavy atom. The van der Waals surface area contributed by atoms with Crippen molar-refractivity contribution in [3.05, 3.63) is 65.1 Å². The van der Waals surface area contributed by atoms with E-state index >= 15 is 0 Å². The summed E-state index contributed by atoms with van der Waals surface area (Å²) in [6.45, 7) is -2.91. The van der Waals surface area contributed by atoms with Gasteiger partial charge < -0.3 is 18.7 Å². The minimum absolute atomic E-state index is 0.0216. The summed E-state index contributed by atoms with van der Waals surface area (Å²) in [6, 6.07) is 11.5. The van der Waals surface area contributed by atoms with Gasteiger partial charge in [0.05, 0.1) is 19.5 Å². The summed E-state index contributed by atoms with van der Waals surface area (Å²) < 4.78 is 39.6. The summed E-state index contributed by atoms with van der Waals surface area (Å²) >= 11 is 5.86. The van der Waals surface area contributed by atoms with Crippen molar-refractivity contribution in [1.82, 2.24) is 4.98 Å². The van der Waals surface area contributed by atoms with E-state index < -0.39 is 6.61 Å². The molecule has 28 heavy (non-hydrogen) atoms. The first-order chi connectivity index (χ1) is 13.5. The molecule has 0 fully saturated rings. The predicted octanol–water partition coefficient (Wildman–Crippen LogP) is 5.16. The normalized spacial score (nSPS) is 11.2. The molecule has 0 radical (unpaired) electrons. The lowest BCUT2D eigenvalue weighted by molar-refractivity contribution is -0.0512. The van der Waals surface area contributed by atoms with Crippen LogP contribution in [0.2, 0.25) is 5.02 Å². The van der Waals surface area contributed by atoms with Gasteiger partial charge in [-0.1, -0.05) is 16.8 Å². The Bertz CT molecular complexity index is 945. The van der Waals surface area contributed by atoms with Crippen molar-refractivity contribution >= 4 is 17.8 Å². The van der Waals surface area contributed by atoms with Gasteiger partial charge in [-0.3, -0.25) is 0 Å². The largest absolute Gasteiger partial charge is 0.493 e. The molecule has 9 heteroatoms. The number of nitrogens with zero attached hydrogens (tertiary/aromatic N) is 2. The first-order valence-electron chi connectivity index (χ1n) is 8.04. The quantitative estimate of drug-likeness (QED) is 0.380. The molecule has 1 heterocycles. The van der Waals surface area contributed by atoms with E-state index in [0.717, 1.165) is 5.56 Å². The summed E-state index contributed by atoms with van der Waals surface area (Å²) in [5.41, 5.74) is 1.41. The lowest BCUT2D eigenvalue weighted by Crippen LogP contribution is -2.03. The van der Waals surface area contributed by atoms with Gasteiger partial charge >= 0.3 is 6.61 Å². The molecule has 0 saturated carbocycles. The highest BCUT2D eigenvalue weighted by Crippen LogP contribution is 2.29. The van der Waals surface area contributed by atoms with Gasteiger partial charge in [-0.25, -0.2) is 4.98 Å². The van der Waals surface area contributed by atoms with Gasteiger partial charge in [0.1, 0.15) is 0 Å². The lowest BCUT2D eigenvalue weighted by atomic mass is 10.2. The Kier molecular flexibility index (Phi) is 6.44. The fraction of sp³-hybridized carbons (Fsp3) is 0.158. The summed E-state index contributed by atoms with van der Waals surface area (Å²) in [7, 11) is 1.35. The van der Waals surface area contributed by atoms with E-state index in [4.69, 9.17) is 25.6 Å². The van der Waals surface area contributed by atoms with Crippen molar-refractivity contribution in [2.75, 3.05) is 7.11 Å². The van der Waals surface area contributed by atoms with Gasteiger partial charge in [-0.05, 0) is 42.5 Å². The molecule has 0 aliphatic heterocycles. The summed E-state index contributed by atoms with van der Waals surface area (Å²) in [5.74, 6) is 1.02. The fourth-order valence-electron chi connectivity index (χ4n) is 2.27. The van der Waals surface area contributed by atoms with Crippen LogP contribution < -0.4 is 9.47 Å². The van der Waals surface area contributed by atoms with Crippen LogP contribution in [-0.2, 0) is 11.4 Å². The number of methoxy groups -OCH3 is 1. The number of rotatable bonds is 8. The van der Waals surface area contributed by atoms with Crippen LogP contribution in [0.25, 0.3) is 11.3 Å². The smallest absolute Gasteiger partial charge is 0.387 e. The van der Waals surface area contributed by atoms with E-state index in [-0.39, 0.29) is 18.1 Å². The van der Waals surface area contributed by atoms with Gasteiger partial charge in [-0.2, -0.15) is 8.78 Å². The number of hydrogen-bond donors (Lipinski definition) is 0. The van der Waals surface area contributed by atoms with Gasteiger partial charge in [0.2, 0.25) is 5.89 Å². The van der Waals surface area contributed by atoms with E-state index in [9.17, 15) is 8.78 Å². The maximum absolute atomic E-state index is 12.3. The van der Waals surface area contributed by atoms with Crippen LogP contribution in [0, 0.1) is 0 Å². The predicted molar refractivity (Wildman–Crippen MR) is 99.0 cm³/mol. The van der Waals surface area contributed by atoms with Crippen LogP contribution >= 0.6 is 11.6 Å². The topological polar surface area (TPSA) is 66.1 Å². The molecular formula is C19H15ClF2N2O4. The molecule has 0 aliphatic rings. The van der Waals surface area contributed by atoms with Crippen molar-refractivity contribution in [2.24, 2.45) is 5.16 Å². The third kappa shape index (κ3) is 5.20. The van der Waals surface area contributed by atoms with Crippen molar-refractivity contribution in [2.45, 2.75) is 13.2 Å². The van der Waals surface area contributed by atoms with Crippen LogP contribution in [0.3, 0.4) is 0 Å². The molecule has 0 spiro atoms. The van der Waals surface area contributed by atoms with Crippen molar-refractivity contribution in [3.63, 3.8) is 0 Å². The summed E-state index contributed by atoms with van der Waals surface area (Å²) in [5, 5.41) is 4.44. The SMILES string of the molecule is COc1cc(C=NOCc2ncc(-c3ccc(Cl)cc3)o2)ccc1OC(F)F. The molecule has 0 unspecified atom stereocenters. The highest BCUT2D eigenvalue weighted by Gasteiger charge is 2.11. The molecule has 0 N–H and O–H groups in total. The van der Waals surface area contributed by atoms with E-state index in [1.54, 1.807) is 18.3 Å². The van der Waals surface area contributed by atoms with Crippen LogP contribution in [0.15, 0.2) is 58.2 Å². The Labute approximate surface area is 164 Å². The maximum Gasteiger partial charge on any atom is 0.387 e. The molecule has 6 nitrogen and oxygen atoms in total. The zero-order valence-electron chi connectivity index (χ0n) is 14.6. The first-order valence-corrected chi connectivity index (χ1v) is 8.42. The zero-order valence-corrected chi connectivity index (χ0v) is 15.4. The monoisotopic (exact) mass is 408 g/mol. The number of halogens is 3. The van der Waals surface area contributed by atoms with Gasteiger partial charge in [-0.15, -0.1) is 0 Å². The molecule has 0 saturated heterocycles. The standard InChI is InChI=1S/C19H15ClF2N2O4/c1-25-16-8-12(2-7-15(16)28-19(21)22)9-24-26-11-18-23-10-17(27-18)13-3-5-14(20)6-4-13/h2-10,19H,11H2,1H3. The third-order valence-electron chi connectivity index (χ3n) is 3.55. The number of oxime groups is 1. The van der Waals surface area contributed by atoms with Crippen LogP contribution in [-0.4, -0.2) is 24.9 Å². The molecule has 0 bridgehead atoms. The van der Waals surface area contributed by atoms with E-state index in [1.807, 2.05) is 12.1 Å². The Balaban J connectivity index is 1.57. The van der Waals surface area contributed by atoms with Gasteiger partial charge in [0.15, 0.2) is 23.9 Å². The van der Waals surface area contributed by atoms with Crippen LogP contribution in [0.1, 0.15) is 11.5 Å².